The topological polar surface area (TPSA) is 51.2 Å². The van der Waals surface area contributed by atoms with Crippen LogP contribution < -0.4 is 10.1 Å². The van der Waals surface area contributed by atoms with Gasteiger partial charge in [-0.2, -0.15) is 0 Å². The Morgan fingerprint density at radius 1 is 1.19 bits per heavy atom. The molecule has 138 valence electrons. The molecule has 1 aromatic heterocycles. The summed E-state index contributed by atoms with van der Waals surface area (Å²) in [6.45, 7) is 4.42. The van der Waals surface area contributed by atoms with Crippen LogP contribution in [0.1, 0.15) is 33.1 Å². The Bertz CT molecular complexity index is 750. The average Bonchev–Trinajstić information content (AvgIpc) is 2.65. The van der Waals surface area contributed by atoms with Crippen molar-refractivity contribution in [3.8, 4) is 16.9 Å². The van der Waals surface area contributed by atoms with Crippen LogP contribution in [0.25, 0.3) is 11.1 Å². The van der Waals surface area contributed by atoms with Gasteiger partial charge in [-0.3, -0.25) is 9.78 Å². The molecule has 5 heteroatoms. The molecule has 2 aromatic rings. The maximum absolute atomic E-state index is 12.3. The minimum Gasteiger partial charge on any atom is -0.491 e. The number of fused-ring (bicyclic) bond motifs is 4. The summed E-state index contributed by atoms with van der Waals surface area (Å²) >= 11 is 1.82. The molecule has 0 saturated heterocycles. The number of carbonyl (C=O) groups is 1. The summed E-state index contributed by atoms with van der Waals surface area (Å²) in [4.78, 5) is 17.9. The zero-order valence-electron chi connectivity index (χ0n) is 15.4. The van der Waals surface area contributed by atoms with Gasteiger partial charge >= 0.3 is 0 Å². The zero-order chi connectivity index (χ0) is 18.4. The number of rotatable bonds is 0. The lowest BCUT2D eigenvalue weighted by molar-refractivity contribution is -0.125. The molecule has 0 fully saturated rings. The quantitative estimate of drug-likeness (QED) is 0.739. The van der Waals surface area contributed by atoms with Crippen LogP contribution in [0.2, 0.25) is 0 Å². The van der Waals surface area contributed by atoms with Crippen LogP contribution in [0.5, 0.6) is 5.75 Å². The van der Waals surface area contributed by atoms with Gasteiger partial charge in [0.15, 0.2) is 0 Å². The highest BCUT2D eigenvalue weighted by atomic mass is 32.2. The molecule has 0 radical (unpaired) electrons. The van der Waals surface area contributed by atoms with E-state index in [0.717, 1.165) is 41.9 Å². The van der Waals surface area contributed by atoms with Gasteiger partial charge in [0, 0.05) is 34.3 Å². The lowest BCUT2D eigenvalue weighted by Gasteiger charge is -2.19. The van der Waals surface area contributed by atoms with Crippen molar-refractivity contribution in [3.63, 3.8) is 0 Å². The van der Waals surface area contributed by atoms with E-state index in [0.29, 0.717) is 6.61 Å². The lowest BCUT2D eigenvalue weighted by Crippen LogP contribution is -2.39. The van der Waals surface area contributed by atoms with E-state index in [9.17, 15) is 4.79 Å². The van der Waals surface area contributed by atoms with Crippen LogP contribution >= 0.6 is 11.8 Å². The highest BCUT2D eigenvalue weighted by Gasteiger charge is 2.16. The van der Waals surface area contributed by atoms with Crippen molar-refractivity contribution < 1.29 is 9.53 Å². The lowest BCUT2D eigenvalue weighted by atomic mass is 10.0. The molecular weight excluding hydrogens is 344 g/mol. The number of ether oxygens (including phenoxy) is 1. The van der Waals surface area contributed by atoms with E-state index >= 15 is 0 Å². The molecule has 26 heavy (non-hydrogen) atoms. The third-order valence-corrected chi connectivity index (χ3v) is 5.59. The fraction of sp³-hybridized carbons (Fsp3) is 0.429. The van der Waals surface area contributed by atoms with Crippen LogP contribution in [0, 0.1) is 5.92 Å². The first-order valence-corrected chi connectivity index (χ1v) is 10.2. The van der Waals surface area contributed by atoms with Crippen LogP contribution in [0.3, 0.4) is 0 Å². The van der Waals surface area contributed by atoms with Gasteiger partial charge in [0.2, 0.25) is 5.91 Å². The van der Waals surface area contributed by atoms with Crippen molar-refractivity contribution in [2.75, 3.05) is 12.4 Å². The molecule has 3 rings (SSSR count). The third-order valence-electron chi connectivity index (χ3n) is 4.54. The maximum atomic E-state index is 12.3. The van der Waals surface area contributed by atoms with Gasteiger partial charge in [-0.05, 0) is 37.7 Å². The van der Waals surface area contributed by atoms with E-state index in [1.54, 1.807) is 0 Å². The Labute approximate surface area is 159 Å². The highest BCUT2D eigenvalue weighted by molar-refractivity contribution is 7.99. The van der Waals surface area contributed by atoms with Crippen molar-refractivity contribution in [2.45, 2.75) is 44.0 Å². The number of benzene rings is 1. The molecule has 1 aromatic carbocycles. The smallest absolute Gasteiger partial charge is 0.223 e. The summed E-state index contributed by atoms with van der Waals surface area (Å²) in [5, 5.41) is 3.07. The second-order valence-corrected chi connectivity index (χ2v) is 8.04. The molecule has 2 heterocycles. The number of aromatic nitrogens is 1. The van der Waals surface area contributed by atoms with Gasteiger partial charge in [-0.1, -0.05) is 31.5 Å². The Morgan fingerprint density at radius 2 is 2.04 bits per heavy atom. The van der Waals surface area contributed by atoms with Crippen molar-refractivity contribution in [2.24, 2.45) is 5.92 Å². The van der Waals surface area contributed by atoms with Gasteiger partial charge in [-0.25, -0.2) is 0 Å². The van der Waals surface area contributed by atoms with E-state index < -0.39 is 0 Å². The molecule has 2 atom stereocenters. The van der Waals surface area contributed by atoms with Gasteiger partial charge < -0.3 is 10.1 Å². The number of carbonyl (C=O) groups excluding carboxylic acids is 1. The number of nitrogens with zero attached hydrogens (tertiary/aromatic N) is 1. The Morgan fingerprint density at radius 3 is 2.92 bits per heavy atom. The number of hydrogen-bond donors (Lipinski definition) is 1. The van der Waals surface area contributed by atoms with Crippen LogP contribution in [-0.2, 0) is 4.79 Å². The van der Waals surface area contributed by atoms with Crippen molar-refractivity contribution in [1.82, 2.24) is 10.3 Å². The number of amides is 1. The Balaban J connectivity index is 1.86. The van der Waals surface area contributed by atoms with Gasteiger partial charge in [0.25, 0.3) is 0 Å². The first-order valence-electron chi connectivity index (χ1n) is 9.24. The second kappa shape index (κ2) is 9.08. The fourth-order valence-electron chi connectivity index (χ4n) is 2.99. The fourth-order valence-corrected chi connectivity index (χ4v) is 3.92. The van der Waals surface area contributed by atoms with E-state index in [1.807, 2.05) is 56.2 Å². The SMILES string of the molecule is C[C@@H]1COc2ccccc2-c2cncc(c2)SCCCC[C@H](C)C(=O)N1. The number of para-hydroxylation sites is 1. The van der Waals surface area contributed by atoms with Gasteiger partial charge in [-0.15, -0.1) is 11.8 Å². The average molecular weight is 371 g/mol. The second-order valence-electron chi connectivity index (χ2n) is 6.87. The molecule has 0 saturated carbocycles. The van der Waals surface area contributed by atoms with Crippen molar-refractivity contribution in [3.05, 3.63) is 42.7 Å². The summed E-state index contributed by atoms with van der Waals surface area (Å²) in [5.41, 5.74) is 2.09. The van der Waals surface area contributed by atoms with Gasteiger partial charge in [0.1, 0.15) is 12.4 Å². The van der Waals surface area contributed by atoms with E-state index in [1.165, 1.54) is 4.90 Å². The molecule has 1 aliphatic heterocycles. The number of thioether (sulfide) groups is 1. The van der Waals surface area contributed by atoms with E-state index in [4.69, 9.17) is 4.74 Å². The van der Waals surface area contributed by atoms with Crippen LogP contribution in [0.4, 0.5) is 0 Å². The number of pyridine rings is 1. The maximum Gasteiger partial charge on any atom is 0.223 e. The zero-order valence-corrected chi connectivity index (χ0v) is 16.2. The molecule has 0 unspecified atom stereocenters. The van der Waals surface area contributed by atoms with Crippen LogP contribution in [0.15, 0.2) is 47.6 Å². The summed E-state index contributed by atoms with van der Waals surface area (Å²) in [6.07, 6.45) is 6.87. The molecule has 0 aliphatic carbocycles. The molecule has 2 bridgehead atoms. The van der Waals surface area contributed by atoms with Crippen molar-refractivity contribution >= 4 is 17.7 Å². The highest BCUT2D eigenvalue weighted by Crippen LogP contribution is 2.32. The van der Waals surface area contributed by atoms with Crippen LogP contribution in [-0.4, -0.2) is 29.3 Å². The molecule has 1 aliphatic rings. The predicted octanol–water partition coefficient (Wildman–Crippen LogP) is 4.54. The monoisotopic (exact) mass is 370 g/mol. The molecular formula is C21H26N2O2S. The first-order chi connectivity index (χ1) is 12.6. The van der Waals surface area contributed by atoms with E-state index in [2.05, 4.69) is 22.4 Å². The minimum absolute atomic E-state index is 0.0348. The molecule has 1 amide bonds. The Kier molecular flexibility index (Phi) is 6.56. The standard InChI is InChI=1S/C21H26N2O2S/c1-15-7-5-6-10-26-18-11-17(12-22-13-18)19-8-3-4-9-20(19)25-14-16(2)23-21(15)24/h3-4,8-9,11-13,15-16H,5-7,10,14H2,1-2H3,(H,23,24)/t15-,16+/m0/s1. The third kappa shape index (κ3) is 5.01. The minimum atomic E-state index is -0.0362. The first kappa shape index (κ1) is 18.8. The number of hydrogen-bond acceptors (Lipinski definition) is 4. The summed E-state index contributed by atoms with van der Waals surface area (Å²) in [7, 11) is 0. The predicted molar refractivity (Wildman–Crippen MR) is 107 cm³/mol. The molecule has 4 nitrogen and oxygen atoms in total. The summed E-state index contributed by atoms with van der Waals surface area (Å²) in [5.74, 6) is 2.00. The normalized spacial score (nSPS) is 22.0. The largest absolute Gasteiger partial charge is 0.491 e. The Hall–Kier alpha value is -2.01. The molecule has 0 spiro atoms. The van der Waals surface area contributed by atoms with E-state index in [-0.39, 0.29) is 17.9 Å². The van der Waals surface area contributed by atoms with Crippen molar-refractivity contribution in [1.29, 1.82) is 0 Å². The summed E-state index contributed by atoms with van der Waals surface area (Å²) < 4.78 is 6.03. The van der Waals surface area contributed by atoms with Gasteiger partial charge in [0.05, 0.1) is 6.04 Å². The molecule has 1 N–H and O–H groups in total. The summed E-state index contributed by atoms with van der Waals surface area (Å²) in [6, 6.07) is 10.1. The number of nitrogens with one attached hydrogen (secondary N) is 1.